The Bertz CT molecular complexity index is 963. The summed E-state index contributed by atoms with van der Waals surface area (Å²) in [5, 5.41) is 21.0. The first-order valence-corrected chi connectivity index (χ1v) is 11.1. The molecule has 0 aliphatic carbocycles. The number of rotatable bonds is 9. The topological polar surface area (TPSA) is 74.6 Å². The third kappa shape index (κ3) is 5.05. The van der Waals surface area contributed by atoms with Crippen molar-refractivity contribution in [2.24, 2.45) is 5.92 Å². The second kappa shape index (κ2) is 9.42. The van der Waals surface area contributed by atoms with Crippen LogP contribution in [0.3, 0.4) is 0 Å². The smallest absolute Gasteiger partial charge is 0.309 e. The Balaban J connectivity index is 1.72. The van der Waals surface area contributed by atoms with Gasteiger partial charge in [0.25, 0.3) is 0 Å². The van der Waals surface area contributed by atoms with Crippen molar-refractivity contribution < 1.29 is 19.6 Å². The number of carboxylic acids is 1. The molecule has 4 nitrogen and oxygen atoms in total. The molecule has 3 aromatic rings. The van der Waals surface area contributed by atoms with Crippen LogP contribution in [0.4, 0.5) is 0 Å². The lowest BCUT2D eigenvalue weighted by atomic mass is 9.94. The van der Waals surface area contributed by atoms with Crippen LogP contribution < -0.4 is 0 Å². The zero-order chi connectivity index (χ0) is 20.0. The van der Waals surface area contributed by atoms with Gasteiger partial charge in [-0.15, -0.1) is 11.8 Å². The molecule has 6 heteroatoms. The van der Waals surface area contributed by atoms with Crippen LogP contribution in [0.25, 0.3) is 10.8 Å². The van der Waals surface area contributed by atoms with E-state index >= 15 is 0 Å². The van der Waals surface area contributed by atoms with Crippen LogP contribution in [-0.4, -0.2) is 27.3 Å². The number of aliphatic hydroxyl groups is 1. The molecule has 28 heavy (non-hydrogen) atoms. The summed E-state index contributed by atoms with van der Waals surface area (Å²) < 4.78 is 11.9. The van der Waals surface area contributed by atoms with Crippen LogP contribution in [0.1, 0.15) is 12.0 Å². The van der Waals surface area contributed by atoms with Gasteiger partial charge in [0.2, 0.25) is 0 Å². The molecule has 0 amide bonds. The van der Waals surface area contributed by atoms with Gasteiger partial charge in [0.15, 0.2) is 0 Å². The zero-order valence-corrected chi connectivity index (χ0v) is 17.3. The van der Waals surface area contributed by atoms with E-state index in [1.807, 2.05) is 72.8 Å². The van der Waals surface area contributed by atoms with Crippen LogP contribution >= 0.6 is 20.2 Å². The van der Waals surface area contributed by atoms with Gasteiger partial charge in [0.1, 0.15) is 5.34 Å². The minimum absolute atomic E-state index is 0.0793. The lowest BCUT2D eigenvalue weighted by Crippen LogP contribution is -2.40. The maximum absolute atomic E-state index is 11.9. The van der Waals surface area contributed by atoms with Gasteiger partial charge in [0.05, 0.1) is 14.4 Å². The lowest BCUT2D eigenvalue weighted by molar-refractivity contribution is -0.146. The number of benzene rings is 3. The second-order valence-corrected chi connectivity index (χ2v) is 9.11. The molecule has 2 N–H and O–H groups in total. The van der Waals surface area contributed by atoms with Crippen molar-refractivity contribution in [3.8, 4) is 0 Å². The molecule has 3 atom stereocenters. The molecule has 0 aliphatic heterocycles. The summed E-state index contributed by atoms with van der Waals surface area (Å²) in [4.78, 5) is 12.7. The average Bonchev–Trinajstić information content (AvgIpc) is 2.72. The van der Waals surface area contributed by atoms with Crippen LogP contribution in [0.5, 0.6) is 0 Å². The highest BCUT2D eigenvalue weighted by Gasteiger charge is 2.40. The first kappa shape index (κ1) is 20.7. The number of thioether (sulfide) groups is 1. The molecule has 0 saturated carbocycles. The van der Waals surface area contributed by atoms with Gasteiger partial charge in [-0.2, -0.15) is 0 Å². The molecular weight excluding hydrogens is 391 g/mol. The number of hydrogen-bond acceptors (Lipinski definition) is 4. The highest BCUT2D eigenvalue weighted by Crippen LogP contribution is 2.38. The van der Waals surface area contributed by atoms with E-state index in [1.165, 1.54) is 11.8 Å². The summed E-state index contributed by atoms with van der Waals surface area (Å²) in [7, 11) is -1.67. The van der Waals surface area contributed by atoms with Gasteiger partial charge < -0.3 is 14.8 Å². The SMILES string of the molecule is O=[PH2]C(O)(CSc1ccc2ccccc2c1)C(CCc1ccccc1)C(=O)O. The predicted molar refractivity (Wildman–Crippen MR) is 116 cm³/mol. The minimum atomic E-state index is -1.73. The summed E-state index contributed by atoms with van der Waals surface area (Å²) in [6.45, 7) is 0. The molecule has 0 aromatic heterocycles. The highest BCUT2D eigenvalue weighted by molar-refractivity contribution is 7.99. The summed E-state index contributed by atoms with van der Waals surface area (Å²) in [5.74, 6) is -2.11. The number of carboxylic acid groups (broad SMARTS) is 1. The van der Waals surface area contributed by atoms with Crippen molar-refractivity contribution in [3.05, 3.63) is 78.4 Å². The van der Waals surface area contributed by atoms with E-state index in [1.54, 1.807) is 0 Å². The molecule has 3 rings (SSSR count). The summed E-state index contributed by atoms with van der Waals surface area (Å²) in [6.07, 6.45) is 0.754. The zero-order valence-electron chi connectivity index (χ0n) is 15.3. The Hall–Kier alpha value is -2.07. The Morgan fingerprint density at radius 2 is 1.68 bits per heavy atom. The van der Waals surface area contributed by atoms with Crippen molar-refractivity contribution >= 4 is 37.0 Å². The van der Waals surface area contributed by atoms with Crippen molar-refractivity contribution in [1.29, 1.82) is 0 Å². The van der Waals surface area contributed by atoms with Crippen molar-refractivity contribution in [3.63, 3.8) is 0 Å². The van der Waals surface area contributed by atoms with Gasteiger partial charge in [-0.05, 0) is 41.3 Å². The molecule has 3 unspecified atom stereocenters. The van der Waals surface area contributed by atoms with Crippen LogP contribution in [0.2, 0.25) is 0 Å². The van der Waals surface area contributed by atoms with E-state index in [-0.39, 0.29) is 12.2 Å². The predicted octanol–water partition coefficient (Wildman–Crippen LogP) is 4.71. The number of hydrogen-bond donors (Lipinski definition) is 2. The molecule has 0 spiro atoms. The summed E-state index contributed by atoms with van der Waals surface area (Å²) >= 11 is 1.34. The fourth-order valence-electron chi connectivity index (χ4n) is 3.22. The van der Waals surface area contributed by atoms with E-state index < -0.39 is 25.7 Å². The van der Waals surface area contributed by atoms with Gasteiger partial charge in [-0.1, -0.05) is 60.7 Å². The Labute approximate surface area is 169 Å². The quantitative estimate of drug-likeness (QED) is 0.392. The number of aliphatic carboxylic acids is 1. The third-order valence-electron chi connectivity index (χ3n) is 4.86. The molecule has 0 saturated heterocycles. The lowest BCUT2D eigenvalue weighted by Gasteiger charge is -2.29. The maximum Gasteiger partial charge on any atom is 0.309 e. The highest BCUT2D eigenvalue weighted by atomic mass is 32.2. The molecular formula is C22H23O4PS. The molecule has 0 bridgehead atoms. The monoisotopic (exact) mass is 414 g/mol. The first-order chi connectivity index (χ1) is 13.5. The average molecular weight is 414 g/mol. The largest absolute Gasteiger partial charge is 0.481 e. The van der Waals surface area contributed by atoms with E-state index in [9.17, 15) is 19.6 Å². The van der Waals surface area contributed by atoms with Crippen LogP contribution in [-0.2, 0) is 15.8 Å². The fraction of sp³-hybridized carbons (Fsp3) is 0.227. The second-order valence-electron chi connectivity index (χ2n) is 6.82. The Kier molecular flexibility index (Phi) is 6.95. The Morgan fingerprint density at radius 1 is 1.00 bits per heavy atom. The summed E-state index contributed by atoms with van der Waals surface area (Å²) in [6, 6.07) is 23.4. The van der Waals surface area contributed by atoms with Gasteiger partial charge >= 0.3 is 5.97 Å². The van der Waals surface area contributed by atoms with E-state index in [0.717, 1.165) is 21.2 Å². The molecule has 3 aromatic carbocycles. The fourth-order valence-corrected chi connectivity index (χ4v) is 5.19. The van der Waals surface area contributed by atoms with Gasteiger partial charge in [-0.25, -0.2) is 0 Å². The van der Waals surface area contributed by atoms with Crippen LogP contribution in [0.15, 0.2) is 77.7 Å². The molecule has 0 radical (unpaired) electrons. The molecule has 0 aliphatic rings. The normalized spacial score (nSPS) is 14.9. The number of carbonyl (C=O) groups is 1. The first-order valence-electron chi connectivity index (χ1n) is 9.09. The van der Waals surface area contributed by atoms with Crippen molar-refractivity contribution in [1.82, 2.24) is 0 Å². The van der Waals surface area contributed by atoms with Crippen molar-refractivity contribution in [2.45, 2.75) is 23.1 Å². The van der Waals surface area contributed by atoms with Gasteiger partial charge in [0, 0.05) is 10.6 Å². The molecule has 146 valence electrons. The third-order valence-corrected chi connectivity index (χ3v) is 7.37. The van der Waals surface area contributed by atoms with E-state index in [4.69, 9.17) is 0 Å². The van der Waals surface area contributed by atoms with Crippen LogP contribution in [0, 0.1) is 5.92 Å². The number of aryl methyl sites for hydroxylation is 1. The standard InChI is InChI=1S/C22H23O4PS/c23-21(24)20(13-10-16-6-2-1-3-7-16)22(25,27-26)15-28-19-12-11-17-8-4-5-9-18(17)14-19/h1-9,11-12,14,20,25H,10,13,15,27H2,(H,23,24). The Morgan fingerprint density at radius 3 is 2.36 bits per heavy atom. The minimum Gasteiger partial charge on any atom is -0.481 e. The van der Waals surface area contributed by atoms with Gasteiger partial charge in [-0.3, -0.25) is 4.79 Å². The molecule has 0 heterocycles. The maximum atomic E-state index is 11.9. The summed E-state index contributed by atoms with van der Waals surface area (Å²) in [5.41, 5.74) is 0.999. The van der Waals surface area contributed by atoms with E-state index in [0.29, 0.717) is 6.42 Å². The molecule has 0 fully saturated rings. The van der Waals surface area contributed by atoms with E-state index in [2.05, 4.69) is 0 Å². The number of fused-ring (bicyclic) bond motifs is 1. The van der Waals surface area contributed by atoms with Crippen molar-refractivity contribution in [2.75, 3.05) is 5.75 Å².